The van der Waals surface area contributed by atoms with E-state index in [-0.39, 0.29) is 11.8 Å². The van der Waals surface area contributed by atoms with Crippen molar-refractivity contribution in [1.29, 1.82) is 0 Å². The summed E-state index contributed by atoms with van der Waals surface area (Å²) in [6.07, 6.45) is 0.435. The summed E-state index contributed by atoms with van der Waals surface area (Å²) in [6, 6.07) is 23.4. The third-order valence-corrected chi connectivity index (χ3v) is 6.56. The zero-order valence-electron chi connectivity index (χ0n) is 17.2. The zero-order chi connectivity index (χ0) is 22.1. The van der Waals surface area contributed by atoms with Crippen molar-refractivity contribution in [3.05, 3.63) is 88.1 Å². The summed E-state index contributed by atoms with van der Waals surface area (Å²) in [5.41, 5.74) is 2.87. The third-order valence-electron chi connectivity index (χ3n) is 5.72. The summed E-state index contributed by atoms with van der Waals surface area (Å²) in [6.45, 7) is 1.67. The van der Waals surface area contributed by atoms with E-state index in [4.69, 9.17) is 21.3 Å². The topological polar surface area (TPSA) is 47.4 Å². The van der Waals surface area contributed by atoms with E-state index in [1.807, 2.05) is 71.6 Å². The Morgan fingerprint density at radius 3 is 2.59 bits per heavy atom. The van der Waals surface area contributed by atoms with E-state index in [9.17, 15) is 4.79 Å². The van der Waals surface area contributed by atoms with Crippen molar-refractivity contribution in [2.45, 2.75) is 18.9 Å². The second-order valence-corrected chi connectivity index (χ2v) is 9.09. The fourth-order valence-corrected chi connectivity index (χ4v) is 4.66. The van der Waals surface area contributed by atoms with Crippen molar-refractivity contribution in [3.63, 3.8) is 0 Å². The number of ether oxygens (including phenoxy) is 1. The molecule has 1 aromatic heterocycles. The Bertz CT molecular complexity index is 1270. The predicted molar refractivity (Wildman–Crippen MR) is 131 cm³/mol. The molecule has 32 heavy (non-hydrogen) atoms. The van der Waals surface area contributed by atoms with Gasteiger partial charge in [0.2, 0.25) is 5.91 Å². The summed E-state index contributed by atoms with van der Waals surface area (Å²) >= 11 is 9.68. The fraction of sp³-hybridized carbons (Fsp3) is 0.200. The minimum atomic E-state index is 0.0128. The highest BCUT2D eigenvalue weighted by Gasteiger charge is 2.34. The number of para-hydroxylation sites is 3. The first kappa shape index (κ1) is 21.0. The number of nitrogens with zero attached hydrogens (tertiary/aromatic N) is 3. The van der Waals surface area contributed by atoms with Gasteiger partial charge in [-0.05, 0) is 48.5 Å². The van der Waals surface area contributed by atoms with Gasteiger partial charge in [0, 0.05) is 29.0 Å². The summed E-state index contributed by atoms with van der Waals surface area (Å²) in [4.78, 5) is 19.6. The van der Waals surface area contributed by atoms with Crippen LogP contribution in [0.15, 0.2) is 77.3 Å². The van der Waals surface area contributed by atoms with Gasteiger partial charge in [-0.3, -0.25) is 4.79 Å². The Hall–Kier alpha value is -2.83. The summed E-state index contributed by atoms with van der Waals surface area (Å²) in [5.74, 6) is 1.71. The Morgan fingerprint density at radius 2 is 1.78 bits per heavy atom. The molecule has 0 bridgehead atoms. The molecule has 7 heteroatoms. The van der Waals surface area contributed by atoms with Crippen LogP contribution in [0, 0.1) is 0 Å². The molecule has 1 saturated heterocycles. The molecule has 1 aliphatic heterocycles. The van der Waals surface area contributed by atoms with Crippen LogP contribution in [0.3, 0.4) is 0 Å². The van der Waals surface area contributed by atoms with Gasteiger partial charge in [0.1, 0.15) is 18.2 Å². The SMILES string of the molecule is O=C1CC(c2nc3ccccc3n2CCOc2ccccc2Cl)CN1c1ccc(Br)cc1. The third kappa shape index (κ3) is 4.12. The lowest BCUT2D eigenvalue weighted by molar-refractivity contribution is -0.117. The normalized spacial score (nSPS) is 16.1. The van der Waals surface area contributed by atoms with Gasteiger partial charge in [0.05, 0.1) is 22.6 Å². The number of carbonyl (C=O) groups is 1. The first-order valence-corrected chi connectivity index (χ1v) is 11.7. The second-order valence-electron chi connectivity index (χ2n) is 7.77. The van der Waals surface area contributed by atoms with Crippen LogP contribution in [-0.4, -0.2) is 28.6 Å². The lowest BCUT2D eigenvalue weighted by atomic mass is 10.1. The standard InChI is InChI=1S/C25H21BrClN3O2/c26-18-9-11-19(12-10-18)30-16-17(15-24(30)31)25-28-21-6-2-3-7-22(21)29(25)13-14-32-23-8-4-1-5-20(23)27/h1-12,17H,13-16H2. The predicted octanol–water partition coefficient (Wildman–Crippen LogP) is 6.05. The van der Waals surface area contributed by atoms with Gasteiger partial charge in [0.25, 0.3) is 0 Å². The first-order valence-electron chi connectivity index (χ1n) is 10.5. The molecule has 1 atom stereocenters. The van der Waals surface area contributed by atoms with Gasteiger partial charge >= 0.3 is 0 Å². The number of aromatic nitrogens is 2. The van der Waals surface area contributed by atoms with E-state index in [0.29, 0.717) is 36.9 Å². The van der Waals surface area contributed by atoms with Gasteiger partial charge in [-0.25, -0.2) is 4.98 Å². The fourth-order valence-electron chi connectivity index (χ4n) is 4.20. The van der Waals surface area contributed by atoms with Crippen LogP contribution >= 0.6 is 27.5 Å². The zero-order valence-corrected chi connectivity index (χ0v) is 19.6. The Kier molecular flexibility index (Phi) is 5.89. The molecule has 0 spiro atoms. The lowest BCUT2D eigenvalue weighted by Gasteiger charge is -2.18. The number of anilines is 1. The highest BCUT2D eigenvalue weighted by Crippen LogP contribution is 2.33. The van der Waals surface area contributed by atoms with E-state index >= 15 is 0 Å². The molecule has 0 saturated carbocycles. The van der Waals surface area contributed by atoms with Gasteiger partial charge in [0.15, 0.2) is 0 Å². The molecule has 4 aromatic rings. The highest BCUT2D eigenvalue weighted by molar-refractivity contribution is 9.10. The van der Waals surface area contributed by atoms with Gasteiger partial charge in [-0.1, -0.05) is 51.8 Å². The number of amides is 1. The van der Waals surface area contributed by atoms with Gasteiger partial charge in [-0.15, -0.1) is 0 Å². The van der Waals surface area contributed by atoms with Crippen molar-refractivity contribution in [2.75, 3.05) is 18.1 Å². The largest absolute Gasteiger partial charge is 0.490 e. The molecule has 162 valence electrons. The van der Waals surface area contributed by atoms with Crippen LogP contribution in [0.4, 0.5) is 5.69 Å². The Labute approximate surface area is 199 Å². The highest BCUT2D eigenvalue weighted by atomic mass is 79.9. The molecule has 2 heterocycles. The summed E-state index contributed by atoms with van der Waals surface area (Å²) in [7, 11) is 0. The van der Waals surface area contributed by atoms with E-state index in [0.717, 1.165) is 27.0 Å². The molecule has 5 rings (SSSR count). The minimum Gasteiger partial charge on any atom is -0.490 e. The van der Waals surface area contributed by atoms with Crippen molar-refractivity contribution < 1.29 is 9.53 Å². The van der Waals surface area contributed by atoms with Crippen molar-refractivity contribution in [1.82, 2.24) is 9.55 Å². The molecule has 0 aliphatic carbocycles. The summed E-state index contributed by atoms with van der Waals surface area (Å²) in [5, 5.41) is 0.592. The van der Waals surface area contributed by atoms with Crippen LogP contribution in [0.2, 0.25) is 5.02 Å². The summed E-state index contributed by atoms with van der Waals surface area (Å²) < 4.78 is 9.10. The number of fused-ring (bicyclic) bond motifs is 1. The smallest absolute Gasteiger partial charge is 0.227 e. The molecule has 1 amide bonds. The molecule has 1 fully saturated rings. The molecule has 0 radical (unpaired) electrons. The van der Waals surface area contributed by atoms with E-state index in [1.54, 1.807) is 0 Å². The van der Waals surface area contributed by atoms with Crippen LogP contribution in [0.5, 0.6) is 5.75 Å². The minimum absolute atomic E-state index is 0.0128. The van der Waals surface area contributed by atoms with Crippen molar-refractivity contribution in [3.8, 4) is 5.75 Å². The number of imidazole rings is 1. The Balaban J connectivity index is 1.41. The molecule has 3 aromatic carbocycles. The molecular formula is C25H21BrClN3O2. The number of hydrogen-bond acceptors (Lipinski definition) is 3. The maximum absolute atomic E-state index is 12.8. The van der Waals surface area contributed by atoms with Crippen molar-refractivity contribution in [2.24, 2.45) is 0 Å². The molecule has 5 nitrogen and oxygen atoms in total. The molecular weight excluding hydrogens is 490 g/mol. The van der Waals surface area contributed by atoms with E-state index in [2.05, 4.69) is 26.6 Å². The van der Waals surface area contributed by atoms with Gasteiger partial charge in [-0.2, -0.15) is 0 Å². The van der Waals surface area contributed by atoms with Crippen molar-refractivity contribution >= 4 is 50.2 Å². The quantitative estimate of drug-likeness (QED) is 0.317. The molecule has 0 N–H and O–H groups in total. The number of rotatable bonds is 6. The average Bonchev–Trinajstić information content (AvgIpc) is 3.36. The number of benzene rings is 3. The average molecular weight is 511 g/mol. The van der Waals surface area contributed by atoms with Gasteiger partial charge < -0.3 is 14.2 Å². The van der Waals surface area contributed by atoms with Crippen LogP contribution < -0.4 is 9.64 Å². The van der Waals surface area contributed by atoms with Crippen LogP contribution in [-0.2, 0) is 11.3 Å². The molecule has 1 aliphatic rings. The maximum atomic E-state index is 12.8. The first-order chi connectivity index (χ1) is 15.6. The van der Waals surface area contributed by atoms with Crippen LogP contribution in [0.1, 0.15) is 18.2 Å². The lowest BCUT2D eigenvalue weighted by Crippen LogP contribution is -2.24. The maximum Gasteiger partial charge on any atom is 0.227 e. The van der Waals surface area contributed by atoms with E-state index < -0.39 is 0 Å². The molecule has 1 unspecified atom stereocenters. The monoisotopic (exact) mass is 509 g/mol. The number of hydrogen-bond donors (Lipinski definition) is 0. The second kappa shape index (κ2) is 8.96. The number of carbonyl (C=O) groups excluding carboxylic acids is 1. The number of halogens is 2. The van der Waals surface area contributed by atoms with E-state index in [1.165, 1.54) is 0 Å². The Morgan fingerprint density at radius 1 is 1.03 bits per heavy atom. The van der Waals surface area contributed by atoms with Crippen LogP contribution in [0.25, 0.3) is 11.0 Å².